The van der Waals surface area contributed by atoms with Gasteiger partial charge >= 0.3 is 0 Å². The van der Waals surface area contributed by atoms with Crippen LogP contribution in [0.3, 0.4) is 0 Å². The van der Waals surface area contributed by atoms with Crippen molar-refractivity contribution >= 4 is 10.9 Å². The van der Waals surface area contributed by atoms with Gasteiger partial charge in [-0.15, -0.1) is 0 Å². The monoisotopic (exact) mass is 212 g/mol. The van der Waals surface area contributed by atoms with Crippen molar-refractivity contribution in [3.05, 3.63) is 42.4 Å². The van der Waals surface area contributed by atoms with E-state index in [0.717, 1.165) is 16.6 Å². The average Bonchev–Trinajstić information content (AvgIpc) is 2.83. The third kappa shape index (κ3) is 1.31. The molecule has 0 radical (unpaired) electrons. The SMILES string of the molecule is Cc1ccc2c(cnn2-c2cnn(C)c2)c1. The summed E-state index contributed by atoms with van der Waals surface area (Å²) in [5.74, 6) is 0. The minimum absolute atomic E-state index is 0.987. The number of hydrogen-bond donors (Lipinski definition) is 0. The van der Waals surface area contributed by atoms with Crippen molar-refractivity contribution < 1.29 is 0 Å². The second-order valence-electron chi connectivity index (χ2n) is 3.99. The van der Waals surface area contributed by atoms with Gasteiger partial charge in [0.05, 0.1) is 24.1 Å². The van der Waals surface area contributed by atoms with Crippen molar-refractivity contribution in [1.29, 1.82) is 0 Å². The molecule has 0 saturated carbocycles. The first-order valence-corrected chi connectivity index (χ1v) is 5.17. The summed E-state index contributed by atoms with van der Waals surface area (Å²) < 4.78 is 3.68. The Morgan fingerprint density at radius 1 is 1.12 bits per heavy atom. The van der Waals surface area contributed by atoms with Gasteiger partial charge in [0.2, 0.25) is 0 Å². The van der Waals surface area contributed by atoms with Gasteiger partial charge in [-0.1, -0.05) is 11.6 Å². The number of aryl methyl sites for hydroxylation is 2. The van der Waals surface area contributed by atoms with Gasteiger partial charge in [0.25, 0.3) is 0 Å². The summed E-state index contributed by atoms with van der Waals surface area (Å²) in [5, 5.41) is 9.69. The third-order valence-electron chi connectivity index (χ3n) is 2.66. The lowest BCUT2D eigenvalue weighted by atomic mass is 10.2. The van der Waals surface area contributed by atoms with E-state index in [4.69, 9.17) is 0 Å². The molecule has 4 heteroatoms. The molecule has 16 heavy (non-hydrogen) atoms. The molecular weight excluding hydrogens is 200 g/mol. The van der Waals surface area contributed by atoms with Gasteiger partial charge < -0.3 is 0 Å². The van der Waals surface area contributed by atoms with Gasteiger partial charge in [0.15, 0.2) is 0 Å². The van der Waals surface area contributed by atoms with E-state index in [1.807, 2.05) is 30.3 Å². The molecule has 0 amide bonds. The van der Waals surface area contributed by atoms with E-state index in [0.29, 0.717) is 0 Å². The van der Waals surface area contributed by atoms with Crippen LogP contribution in [0.25, 0.3) is 16.6 Å². The minimum Gasteiger partial charge on any atom is -0.274 e. The van der Waals surface area contributed by atoms with Crippen LogP contribution in [0.2, 0.25) is 0 Å². The van der Waals surface area contributed by atoms with Crippen molar-refractivity contribution in [3.8, 4) is 5.69 Å². The highest BCUT2D eigenvalue weighted by Crippen LogP contribution is 2.18. The Labute approximate surface area is 93.1 Å². The molecule has 0 spiro atoms. The number of aromatic nitrogens is 4. The third-order valence-corrected chi connectivity index (χ3v) is 2.66. The van der Waals surface area contributed by atoms with Gasteiger partial charge in [0, 0.05) is 12.4 Å². The maximum atomic E-state index is 4.38. The lowest BCUT2D eigenvalue weighted by molar-refractivity contribution is 0.766. The summed E-state index contributed by atoms with van der Waals surface area (Å²) in [5.41, 5.74) is 3.35. The Balaban J connectivity index is 2.25. The maximum absolute atomic E-state index is 4.38. The summed E-state index contributed by atoms with van der Waals surface area (Å²) in [4.78, 5) is 0. The van der Waals surface area contributed by atoms with Crippen LogP contribution >= 0.6 is 0 Å². The first-order valence-electron chi connectivity index (χ1n) is 5.17. The average molecular weight is 212 g/mol. The first kappa shape index (κ1) is 9.15. The number of nitrogens with zero attached hydrogens (tertiary/aromatic N) is 4. The molecule has 0 aliphatic rings. The molecule has 0 fully saturated rings. The number of rotatable bonds is 1. The number of hydrogen-bond acceptors (Lipinski definition) is 2. The number of benzene rings is 1. The quantitative estimate of drug-likeness (QED) is 0.619. The second-order valence-corrected chi connectivity index (χ2v) is 3.99. The zero-order chi connectivity index (χ0) is 11.1. The lowest BCUT2D eigenvalue weighted by Crippen LogP contribution is -1.94. The van der Waals surface area contributed by atoms with E-state index < -0.39 is 0 Å². The van der Waals surface area contributed by atoms with Crippen LogP contribution in [0.15, 0.2) is 36.8 Å². The van der Waals surface area contributed by atoms with Crippen molar-refractivity contribution in [3.63, 3.8) is 0 Å². The van der Waals surface area contributed by atoms with Crippen molar-refractivity contribution in [2.24, 2.45) is 7.05 Å². The summed E-state index contributed by atoms with van der Waals surface area (Å²) in [6, 6.07) is 6.32. The van der Waals surface area contributed by atoms with Crippen molar-refractivity contribution in [1.82, 2.24) is 19.6 Å². The summed E-state index contributed by atoms with van der Waals surface area (Å²) in [6.07, 6.45) is 5.65. The van der Waals surface area contributed by atoms with E-state index in [1.54, 1.807) is 4.68 Å². The predicted molar refractivity (Wildman–Crippen MR) is 62.6 cm³/mol. The van der Waals surface area contributed by atoms with Crippen molar-refractivity contribution in [2.75, 3.05) is 0 Å². The Kier molecular flexibility index (Phi) is 1.83. The molecule has 1 aromatic carbocycles. The molecule has 2 heterocycles. The van der Waals surface area contributed by atoms with E-state index in [-0.39, 0.29) is 0 Å². The normalized spacial score (nSPS) is 11.1. The molecule has 0 bridgehead atoms. The Morgan fingerprint density at radius 2 is 2.00 bits per heavy atom. The van der Waals surface area contributed by atoms with E-state index in [9.17, 15) is 0 Å². The van der Waals surface area contributed by atoms with Gasteiger partial charge in [-0.05, 0) is 19.1 Å². The van der Waals surface area contributed by atoms with Gasteiger partial charge in [0.1, 0.15) is 5.69 Å². The van der Waals surface area contributed by atoms with Crippen LogP contribution in [-0.2, 0) is 7.05 Å². The molecule has 0 aliphatic heterocycles. The Hall–Kier alpha value is -2.10. The van der Waals surface area contributed by atoms with Crippen LogP contribution < -0.4 is 0 Å². The van der Waals surface area contributed by atoms with Crippen LogP contribution in [0.1, 0.15) is 5.56 Å². The Morgan fingerprint density at radius 3 is 2.75 bits per heavy atom. The van der Waals surface area contributed by atoms with E-state index in [2.05, 4.69) is 35.3 Å². The first-order chi connectivity index (χ1) is 7.74. The largest absolute Gasteiger partial charge is 0.274 e. The van der Waals surface area contributed by atoms with Gasteiger partial charge in [-0.25, -0.2) is 4.68 Å². The fourth-order valence-corrected chi connectivity index (χ4v) is 1.88. The molecule has 0 aliphatic carbocycles. The highest BCUT2D eigenvalue weighted by molar-refractivity contribution is 5.80. The molecule has 3 rings (SSSR count). The summed E-state index contributed by atoms with van der Waals surface area (Å²) in [6.45, 7) is 2.08. The fourth-order valence-electron chi connectivity index (χ4n) is 1.88. The smallest absolute Gasteiger partial charge is 0.103 e. The van der Waals surface area contributed by atoms with Crippen molar-refractivity contribution in [2.45, 2.75) is 6.92 Å². The van der Waals surface area contributed by atoms with E-state index >= 15 is 0 Å². The van der Waals surface area contributed by atoms with Crippen LogP contribution in [0, 0.1) is 6.92 Å². The summed E-state index contributed by atoms with van der Waals surface area (Å²) >= 11 is 0. The molecule has 0 saturated heterocycles. The van der Waals surface area contributed by atoms with Gasteiger partial charge in [-0.2, -0.15) is 10.2 Å². The van der Waals surface area contributed by atoms with Gasteiger partial charge in [-0.3, -0.25) is 4.68 Å². The molecular formula is C12H12N4. The fraction of sp³-hybridized carbons (Fsp3) is 0.167. The van der Waals surface area contributed by atoms with Crippen LogP contribution in [-0.4, -0.2) is 19.6 Å². The van der Waals surface area contributed by atoms with Crippen LogP contribution in [0.5, 0.6) is 0 Å². The number of fused-ring (bicyclic) bond motifs is 1. The van der Waals surface area contributed by atoms with E-state index in [1.165, 1.54) is 5.56 Å². The molecule has 2 aromatic heterocycles. The molecule has 0 unspecified atom stereocenters. The molecule has 80 valence electrons. The molecule has 0 N–H and O–H groups in total. The molecule has 0 atom stereocenters. The Bertz CT molecular complexity index is 648. The standard InChI is InChI=1S/C12H12N4/c1-9-3-4-12-10(5-9)6-14-16(12)11-7-13-15(2)8-11/h3-8H,1-2H3. The second kappa shape index (κ2) is 3.20. The predicted octanol–water partition coefficient (Wildman–Crippen LogP) is 2.07. The molecule has 4 nitrogen and oxygen atoms in total. The lowest BCUT2D eigenvalue weighted by Gasteiger charge is -1.99. The zero-order valence-electron chi connectivity index (χ0n) is 9.25. The molecule has 3 aromatic rings. The zero-order valence-corrected chi connectivity index (χ0v) is 9.25. The highest BCUT2D eigenvalue weighted by atomic mass is 15.3. The maximum Gasteiger partial charge on any atom is 0.103 e. The topological polar surface area (TPSA) is 35.6 Å². The van der Waals surface area contributed by atoms with Crippen LogP contribution in [0.4, 0.5) is 0 Å². The minimum atomic E-state index is 0.987. The summed E-state index contributed by atoms with van der Waals surface area (Å²) in [7, 11) is 1.90. The highest BCUT2D eigenvalue weighted by Gasteiger charge is 2.05.